The maximum absolute atomic E-state index is 2.42. The molecule has 8 aromatic carbocycles. The Bertz CT molecular complexity index is 3120. The normalized spacial score (nSPS) is 11.9. The summed E-state index contributed by atoms with van der Waals surface area (Å²) in [5, 5.41) is 7.87. The smallest absolute Gasteiger partial charge is 0.0547 e. The van der Waals surface area contributed by atoms with Crippen molar-refractivity contribution in [2.45, 2.75) is 0 Å². The van der Waals surface area contributed by atoms with Gasteiger partial charge in [-0.2, -0.15) is 0 Å². The zero-order valence-electron chi connectivity index (χ0n) is 27.5. The highest BCUT2D eigenvalue weighted by Crippen LogP contribution is 2.45. The Morgan fingerprint density at radius 3 is 1.73 bits per heavy atom. The summed E-state index contributed by atoms with van der Waals surface area (Å²) >= 11 is 3.78. The van der Waals surface area contributed by atoms with Crippen LogP contribution in [0.5, 0.6) is 0 Å². The molecule has 0 unspecified atom stereocenters. The molecule has 0 spiro atoms. The average molecular weight is 684 g/mol. The molecule has 0 saturated carbocycles. The summed E-state index contributed by atoms with van der Waals surface area (Å²) in [6.07, 6.45) is 0. The van der Waals surface area contributed by atoms with Gasteiger partial charge in [-0.1, -0.05) is 121 Å². The molecule has 3 heterocycles. The average Bonchev–Trinajstić information content (AvgIpc) is 3.87. The van der Waals surface area contributed by atoms with E-state index in [9.17, 15) is 0 Å². The summed E-state index contributed by atoms with van der Waals surface area (Å²) in [7, 11) is 0. The van der Waals surface area contributed by atoms with Gasteiger partial charge in [0, 0.05) is 62.4 Å². The van der Waals surface area contributed by atoms with Crippen LogP contribution in [0.2, 0.25) is 0 Å². The second kappa shape index (κ2) is 11.3. The lowest BCUT2D eigenvalue weighted by molar-refractivity contribution is 1.18. The number of hydrogen-bond donors (Lipinski definition) is 0. The van der Waals surface area contributed by atoms with Crippen LogP contribution in [0, 0.1) is 0 Å². The van der Waals surface area contributed by atoms with Crippen LogP contribution in [0.4, 0.5) is 0 Å². The van der Waals surface area contributed by atoms with Crippen molar-refractivity contribution in [3.05, 3.63) is 176 Å². The minimum atomic E-state index is 1.17. The van der Waals surface area contributed by atoms with Gasteiger partial charge in [-0.15, -0.1) is 22.7 Å². The number of thiophene rings is 2. The molecule has 0 amide bonds. The Kier molecular flexibility index (Phi) is 6.36. The highest BCUT2D eigenvalue weighted by Gasteiger charge is 2.19. The van der Waals surface area contributed by atoms with E-state index in [1.807, 2.05) is 22.7 Å². The van der Waals surface area contributed by atoms with Crippen LogP contribution in [-0.2, 0) is 0 Å². The molecule has 11 aromatic rings. The molecule has 0 aliphatic rings. The minimum absolute atomic E-state index is 1.17. The lowest BCUT2D eigenvalue weighted by atomic mass is 9.97. The van der Waals surface area contributed by atoms with E-state index in [0.717, 1.165) is 0 Å². The van der Waals surface area contributed by atoms with Crippen LogP contribution in [0.25, 0.3) is 101 Å². The zero-order valence-corrected chi connectivity index (χ0v) is 29.1. The second-order valence-electron chi connectivity index (χ2n) is 13.3. The third-order valence-electron chi connectivity index (χ3n) is 10.4. The van der Waals surface area contributed by atoms with E-state index in [1.165, 1.54) is 101 Å². The Hall–Kier alpha value is -6.00. The van der Waals surface area contributed by atoms with E-state index in [0.29, 0.717) is 0 Å². The van der Waals surface area contributed by atoms with Gasteiger partial charge in [-0.05, 0) is 82.4 Å². The van der Waals surface area contributed by atoms with Crippen LogP contribution in [0.1, 0.15) is 0 Å². The number of rotatable bonds is 4. The lowest BCUT2D eigenvalue weighted by Gasteiger charge is -2.10. The predicted molar refractivity (Wildman–Crippen MR) is 223 cm³/mol. The summed E-state index contributed by atoms with van der Waals surface area (Å²) in [5.74, 6) is 0. The first-order valence-electron chi connectivity index (χ1n) is 17.3. The van der Waals surface area contributed by atoms with Crippen LogP contribution < -0.4 is 0 Å². The number of para-hydroxylation sites is 1. The summed E-state index contributed by atoms with van der Waals surface area (Å²) in [4.78, 5) is 0. The van der Waals surface area contributed by atoms with Gasteiger partial charge < -0.3 is 4.57 Å². The summed E-state index contributed by atoms with van der Waals surface area (Å²) in [5.41, 5.74) is 11.1. The van der Waals surface area contributed by atoms with Crippen molar-refractivity contribution in [1.29, 1.82) is 0 Å². The van der Waals surface area contributed by atoms with Gasteiger partial charge in [0.1, 0.15) is 0 Å². The molecular weight excluding hydrogens is 655 g/mol. The van der Waals surface area contributed by atoms with Crippen molar-refractivity contribution < 1.29 is 0 Å². The third-order valence-corrected chi connectivity index (χ3v) is 12.8. The molecule has 3 aromatic heterocycles. The second-order valence-corrected chi connectivity index (χ2v) is 15.4. The molecule has 0 aliphatic heterocycles. The van der Waals surface area contributed by atoms with E-state index in [2.05, 4.69) is 180 Å². The fourth-order valence-electron chi connectivity index (χ4n) is 8.05. The quantitative estimate of drug-likeness (QED) is 0.174. The molecule has 0 aliphatic carbocycles. The van der Waals surface area contributed by atoms with Crippen molar-refractivity contribution in [1.82, 2.24) is 4.57 Å². The summed E-state index contributed by atoms with van der Waals surface area (Å²) < 4.78 is 7.76. The fourth-order valence-corrected chi connectivity index (χ4v) is 10.3. The number of nitrogens with zero attached hydrogens (tertiary/aromatic N) is 1. The molecule has 0 bridgehead atoms. The molecule has 238 valence electrons. The van der Waals surface area contributed by atoms with E-state index in [1.54, 1.807) is 0 Å². The largest absolute Gasteiger partial charge is 0.309 e. The molecule has 0 radical (unpaired) electrons. The maximum Gasteiger partial charge on any atom is 0.0547 e. The van der Waals surface area contributed by atoms with Crippen LogP contribution >= 0.6 is 22.7 Å². The Morgan fingerprint density at radius 2 is 0.902 bits per heavy atom. The van der Waals surface area contributed by atoms with E-state index in [-0.39, 0.29) is 0 Å². The van der Waals surface area contributed by atoms with E-state index >= 15 is 0 Å². The van der Waals surface area contributed by atoms with Crippen LogP contribution in [0.3, 0.4) is 0 Å². The molecular formula is C48H29NS2. The zero-order chi connectivity index (χ0) is 33.5. The molecule has 11 rings (SSSR count). The first kappa shape index (κ1) is 28.8. The summed E-state index contributed by atoms with van der Waals surface area (Å²) in [6, 6.07) is 64.8. The molecule has 0 saturated heterocycles. The molecule has 0 fully saturated rings. The molecule has 0 atom stereocenters. The molecule has 0 N–H and O–H groups in total. The van der Waals surface area contributed by atoms with E-state index in [4.69, 9.17) is 0 Å². The first-order valence-corrected chi connectivity index (χ1v) is 19.0. The van der Waals surface area contributed by atoms with Crippen molar-refractivity contribution in [2.75, 3.05) is 0 Å². The topological polar surface area (TPSA) is 4.93 Å². The fraction of sp³-hybridized carbons (Fsp3) is 0. The predicted octanol–water partition coefficient (Wildman–Crippen LogP) is 14.5. The number of benzene rings is 8. The number of fused-ring (bicyclic) bond motifs is 9. The first-order chi connectivity index (χ1) is 25.3. The van der Waals surface area contributed by atoms with Crippen molar-refractivity contribution >= 4 is 84.8 Å². The van der Waals surface area contributed by atoms with Gasteiger partial charge in [-0.3, -0.25) is 0 Å². The lowest BCUT2D eigenvalue weighted by Crippen LogP contribution is -1.93. The Morgan fingerprint density at radius 1 is 0.333 bits per heavy atom. The van der Waals surface area contributed by atoms with Gasteiger partial charge in [0.05, 0.1) is 11.0 Å². The number of aromatic nitrogens is 1. The van der Waals surface area contributed by atoms with Crippen LogP contribution in [0.15, 0.2) is 176 Å². The summed E-state index contributed by atoms with van der Waals surface area (Å²) in [6.45, 7) is 0. The van der Waals surface area contributed by atoms with Crippen LogP contribution in [-0.4, -0.2) is 4.57 Å². The van der Waals surface area contributed by atoms with Crippen molar-refractivity contribution in [2.24, 2.45) is 0 Å². The van der Waals surface area contributed by atoms with E-state index < -0.39 is 0 Å². The standard InChI is InChI=1S/C48H29NS2/c1-2-10-30(11-3-1)31-20-24-34(25-21-31)49-42-17-6-4-13-39(42)47-36(14-9-18-43(47)49)37-15-8-16-38-41-29-33(23-27-46(41)51-48(37)38)32-22-26-45-40(28-32)35-12-5-7-19-44(35)50-45/h1-29H. The maximum atomic E-state index is 2.42. The van der Waals surface area contributed by atoms with Gasteiger partial charge >= 0.3 is 0 Å². The highest BCUT2D eigenvalue weighted by molar-refractivity contribution is 7.26. The Balaban J connectivity index is 1.07. The van der Waals surface area contributed by atoms with Gasteiger partial charge in [0.15, 0.2) is 0 Å². The molecule has 3 heteroatoms. The highest BCUT2D eigenvalue weighted by atomic mass is 32.1. The SMILES string of the molecule is c1ccc(-c2ccc(-n3c4ccccc4c4c(-c5cccc6c5sc5ccc(-c7ccc8sc9ccccc9c8c7)cc56)cccc43)cc2)cc1. The van der Waals surface area contributed by atoms with Crippen molar-refractivity contribution in [3.63, 3.8) is 0 Å². The monoisotopic (exact) mass is 683 g/mol. The van der Waals surface area contributed by atoms with Gasteiger partial charge in [0.2, 0.25) is 0 Å². The molecule has 1 nitrogen and oxygen atoms in total. The Labute approximate surface area is 302 Å². The molecule has 51 heavy (non-hydrogen) atoms. The van der Waals surface area contributed by atoms with Crippen molar-refractivity contribution in [3.8, 4) is 39.1 Å². The third kappa shape index (κ3) is 4.45. The number of hydrogen-bond acceptors (Lipinski definition) is 2. The van der Waals surface area contributed by atoms with Gasteiger partial charge in [0.25, 0.3) is 0 Å². The minimum Gasteiger partial charge on any atom is -0.309 e. The van der Waals surface area contributed by atoms with Gasteiger partial charge in [-0.25, -0.2) is 0 Å².